The van der Waals surface area contributed by atoms with Gasteiger partial charge in [0.05, 0.1) is 11.4 Å². The van der Waals surface area contributed by atoms with Crippen LogP contribution in [-0.4, -0.2) is 20.7 Å². The van der Waals surface area contributed by atoms with E-state index < -0.39 is 15.8 Å². The second-order valence-corrected chi connectivity index (χ2v) is 6.62. The largest absolute Gasteiger partial charge is 0.267 e. The summed E-state index contributed by atoms with van der Waals surface area (Å²) in [5.41, 5.74) is 1.14. The molecule has 0 radical (unpaired) electrons. The summed E-state index contributed by atoms with van der Waals surface area (Å²) in [5.74, 6) is -0.113. The number of halogens is 1. The maximum absolute atomic E-state index is 13.7. The first-order valence-corrected chi connectivity index (χ1v) is 7.32. The van der Waals surface area contributed by atoms with Crippen molar-refractivity contribution in [2.75, 3.05) is 16.6 Å². The number of hydrogen-bond acceptors (Lipinski definition) is 2. The van der Waals surface area contributed by atoms with Crippen LogP contribution in [0.5, 0.6) is 0 Å². The standard InChI is InChI=1S/C12H16FNO2S/c1-9(2)10-4-5-11(13)12(8-10)14-6-3-7-17(14,15)16/h4-5,8-9H,3,6-7H2,1-2H3. The highest BCUT2D eigenvalue weighted by Crippen LogP contribution is 2.29. The molecule has 0 aliphatic carbocycles. The average Bonchev–Trinajstić information content (AvgIpc) is 2.58. The van der Waals surface area contributed by atoms with E-state index in [0.29, 0.717) is 13.0 Å². The van der Waals surface area contributed by atoms with Gasteiger partial charge < -0.3 is 0 Å². The molecule has 3 nitrogen and oxygen atoms in total. The molecule has 94 valence electrons. The van der Waals surface area contributed by atoms with Crippen LogP contribution in [0.2, 0.25) is 0 Å². The van der Waals surface area contributed by atoms with Gasteiger partial charge in [-0.15, -0.1) is 0 Å². The first-order valence-electron chi connectivity index (χ1n) is 5.71. The SMILES string of the molecule is CC(C)c1ccc(F)c(N2CCCS2(=O)=O)c1. The van der Waals surface area contributed by atoms with Gasteiger partial charge >= 0.3 is 0 Å². The van der Waals surface area contributed by atoms with Gasteiger partial charge in [0.25, 0.3) is 0 Å². The van der Waals surface area contributed by atoms with Crippen molar-refractivity contribution in [3.05, 3.63) is 29.6 Å². The molecule has 1 fully saturated rings. The van der Waals surface area contributed by atoms with Gasteiger partial charge in [0.15, 0.2) is 0 Å². The van der Waals surface area contributed by atoms with E-state index in [9.17, 15) is 12.8 Å². The quantitative estimate of drug-likeness (QED) is 0.816. The fourth-order valence-electron chi connectivity index (χ4n) is 1.99. The lowest BCUT2D eigenvalue weighted by Gasteiger charge is -2.19. The van der Waals surface area contributed by atoms with Crippen LogP contribution < -0.4 is 4.31 Å². The molecule has 0 N–H and O–H groups in total. The highest BCUT2D eigenvalue weighted by Gasteiger charge is 2.30. The second kappa shape index (κ2) is 4.29. The number of sulfonamides is 1. The van der Waals surface area contributed by atoms with Crippen molar-refractivity contribution in [1.29, 1.82) is 0 Å². The van der Waals surface area contributed by atoms with Crippen molar-refractivity contribution in [2.24, 2.45) is 0 Å². The minimum Gasteiger partial charge on any atom is -0.267 e. The number of nitrogens with zero attached hydrogens (tertiary/aromatic N) is 1. The maximum atomic E-state index is 13.7. The number of rotatable bonds is 2. The van der Waals surface area contributed by atoms with Crippen molar-refractivity contribution in [2.45, 2.75) is 26.2 Å². The Balaban J connectivity index is 2.48. The molecule has 5 heteroatoms. The fourth-order valence-corrected chi connectivity index (χ4v) is 3.55. The molecule has 0 spiro atoms. The van der Waals surface area contributed by atoms with Crippen molar-refractivity contribution >= 4 is 15.7 Å². The van der Waals surface area contributed by atoms with E-state index in [1.807, 2.05) is 13.8 Å². The Morgan fingerprint density at radius 3 is 2.59 bits per heavy atom. The van der Waals surface area contributed by atoms with Gasteiger partial charge in [0.1, 0.15) is 5.82 Å². The predicted molar refractivity (Wildman–Crippen MR) is 66.2 cm³/mol. The monoisotopic (exact) mass is 257 g/mol. The molecule has 0 bridgehead atoms. The van der Waals surface area contributed by atoms with Gasteiger partial charge in [0.2, 0.25) is 10.0 Å². The van der Waals surface area contributed by atoms with Crippen LogP contribution in [-0.2, 0) is 10.0 Å². The zero-order chi connectivity index (χ0) is 12.6. The molecule has 0 saturated carbocycles. The lowest BCUT2D eigenvalue weighted by Crippen LogP contribution is -2.26. The van der Waals surface area contributed by atoms with Crippen molar-refractivity contribution < 1.29 is 12.8 Å². The smallest absolute Gasteiger partial charge is 0.235 e. The van der Waals surface area contributed by atoms with Crippen LogP contribution in [0.25, 0.3) is 0 Å². The fraction of sp³-hybridized carbons (Fsp3) is 0.500. The topological polar surface area (TPSA) is 37.4 Å². The first kappa shape index (κ1) is 12.4. The molecule has 0 atom stereocenters. The van der Waals surface area contributed by atoms with E-state index in [0.717, 1.165) is 5.56 Å². The van der Waals surface area contributed by atoms with Gasteiger partial charge in [-0.3, -0.25) is 4.31 Å². The molecule has 0 amide bonds. The lowest BCUT2D eigenvalue weighted by atomic mass is 10.0. The van der Waals surface area contributed by atoms with Gasteiger partial charge in [-0.2, -0.15) is 0 Å². The molecule has 17 heavy (non-hydrogen) atoms. The van der Waals surface area contributed by atoms with Crippen molar-refractivity contribution in [1.82, 2.24) is 0 Å². The summed E-state index contributed by atoms with van der Waals surface area (Å²) >= 11 is 0. The summed E-state index contributed by atoms with van der Waals surface area (Å²) in [7, 11) is -3.31. The molecule has 1 aliphatic heterocycles. The summed E-state index contributed by atoms with van der Waals surface area (Å²) in [4.78, 5) is 0. The van der Waals surface area contributed by atoms with Crippen molar-refractivity contribution in [3.63, 3.8) is 0 Å². The third-order valence-electron chi connectivity index (χ3n) is 3.00. The van der Waals surface area contributed by atoms with Gasteiger partial charge in [-0.25, -0.2) is 12.8 Å². The second-order valence-electron chi connectivity index (χ2n) is 4.61. The Bertz CT molecular complexity index is 525. The molecule has 1 heterocycles. The van der Waals surface area contributed by atoms with E-state index >= 15 is 0 Å². The summed E-state index contributed by atoms with van der Waals surface area (Å²) in [5, 5.41) is 0. The van der Waals surface area contributed by atoms with Crippen LogP contribution in [0, 0.1) is 5.82 Å². The summed E-state index contributed by atoms with van der Waals surface area (Å²) in [6, 6.07) is 4.69. The molecule has 1 aliphatic rings. The van der Waals surface area contributed by atoms with Crippen LogP contribution >= 0.6 is 0 Å². The zero-order valence-electron chi connectivity index (χ0n) is 9.98. The molecule has 1 aromatic carbocycles. The van der Waals surface area contributed by atoms with E-state index in [2.05, 4.69) is 0 Å². The molecule has 1 saturated heterocycles. The minimum atomic E-state index is -3.31. The third kappa shape index (κ3) is 2.29. The van der Waals surface area contributed by atoms with Crippen molar-refractivity contribution in [3.8, 4) is 0 Å². The highest BCUT2D eigenvalue weighted by atomic mass is 32.2. The normalized spacial score (nSPS) is 18.9. The third-order valence-corrected chi connectivity index (χ3v) is 4.86. The van der Waals surface area contributed by atoms with E-state index in [-0.39, 0.29) is 17.4 Å². The van der Waals surface area contributed by atoms with E-state index in [1.165, 1.54) is 10.4 Å². The van der Waals surface area contributed by atoms with Crippen LogP contribution in [0.15, 0.2) is 18.2 Å². The summed E-state index contributed by atoms with van der Waals surface area (Å²) < 4.78 is 38.4. The van der Waals surface area contributed by atoms with Gasteiger partial charge in [-0.1, -0.05) is 19.9 Å². The number of hydrogen-bond donors (Lipinski definition) is 0. The molecular formula is C12H16FNO2S. The summed E-state index contributed by atoms with van der Waals surface area (Å²) in [6.45, 7) is 4.37. The van der Waals surface area contributed by atoms with Crippen LogP contribution in [0.3, 0.4) is 0 Å². The Kier molecular flexibility index (Phi) is 3.12. The molecule has 0 unspecified atom stereocenters. The highest BCUT2D eigenvalue weighted by molar-refractivity contribution is 7.93. The van der Waals surface area contributed by atoms with Gasteiger partial charge in [-0.05, 0) is 30.0 Å². The Labute approximate surface area is 101 Å². The molecule has 2 rings (SSSR count). The van der Waals surface area contributed by atoms with Crippen LogP contribution in [0.1, 0.15) is 31.7 Å². The zero-order valence-corrected chi connectivity index (χ0v) is 10.8. The Morgan fingerprint density at radius 2 is 2.06 bits per heavy atom. The lowest BCUT2D eigenvalue weighted by molar-refractivity contribution is 0.594. The van der Waals surface area contributed by atoms with Gasteiger partial charge in [0, 0.05) is 6.54 Å². The number of benzene rings is 1. The molecular weight excluding hydrogens is 241 g/mol. The predicted octanol–water partition coefficient (Wildman–Crippen LogP) is 2.49. The summed E-state index contributed by atoms with van der Waals surface area (Å²) in [6.07, 6.45) is 0.563. The Morgan fingerprint density at radius 1 is 1.35 bits per heavy atom. The van der Waals surface area contributed by atoms with Crippen LogP contribution in [0.4, 0.5) is 10.1 Å². The Hall–Kier alpha value is -1.10. The molecule has 0 aromatic heterocycles. The maximum Gasteiger partial charge on any atom is 0.235 e. The minimum absolute atomic E-state index is 0.109. The average molecular weight is 257 g/mol. The van der Waals surface area contributed by atoms with E-state index in [1.54, 1.807) is 12.1 Å². The van der Waals surface area contributed by atoms with E-state index in [4.69, 9.17) is 0 Å². The first-order chi connectivity index (χ1) is 7.92. The number of anilines is 1. The molecule has 1 aromatic rings.